The molecule has 0 bridgehead atoms. The first-order valence-electron chi connectivity index (χ1n) is 5.24. The van der Waals surface area contributed by atoms with Crippen LogP contribution in [0.3, 0.4) is 0 Å². The lowest BCUT2D eigenvalue weighted by Crippen LogP contribution is -2.42. The van der Waals surface area contributed by atoms with E-state index in [0.29, 0.717) is 13.1 Å². The topological polar surface area (TPSA) is 32.3 Å². The molecule has 0 spiro atoms. The van der Waals surface area contributed by atoms with Gasteiger partial charge in [0.15, 0.2) is 0 Å². The number of amides is 1. The highest BCUT2D eigenvalue weighted by Gasteiger charge is 2.13. The van der Waals surface area contributed by atoms with Gasteiger partial charge >= 0.3 is 0 Å². The minimum absolute atomic E-state index is 0.147. The van der Waals surface area contributed by atoms with Gasteiger partial charge in [-0.1, -0.05) is 13.0 Å². The molecular weight excluding hydrogens is 176 g/mol. The van der Waals surface area contributed by atoms with Crippen LogP contribution in [0.1, 0.15) is 27.2 Å². The molecule has 0 saturated carbocycles. The Morgan fingerprint density at radius 1 is 1.57 bits per heavy atom. The van der Waals surface area contributed by atoms with E-state index in [4.69, 9.17) is 0 Å². The van der Waals surface area contributed by atoms with E-state index in [0.717, 1.165) is 13.0 Å². The molecular formula is C11H22N2O. The first-order chi connectivity index (χ1) is 6.63. The Bertz CT molecular complexity index is 178. The van der Waals surface area contributed by atoms with Crippen LogP contribution >= 0.6 is 0 Å². The molecule has 0 saturated heterocycles. The predicted molar refractivity (Wildman–Crippen MR) is 60.2 cm³/mol. The van der Waals surface area contributed by atoms with Crippen LogP contribution in [0.25, 0.3) is 0 Å². The van der Waals surface area contributed by atoms with Crippen molar-refractivity contribution in [2.24, 2.45) is 0 Å². The third kappa shape index (κ3) is 5.02. The van der Waals surface area contributed by atoms with Crippen molar-refractivity contribution in [3.8, 4) is 0 Å². The van der Waals surface area contributed by atoms with Crippen LogP contribution in [0.4, 0.5) is 0 Å². The van der Waals surface area contributed by atoms with Crippen molar-refractivity contribution in [2.75, 3.05) is 19.6 Å². The Kier molecular flexibility index (Phi) is 7.11. The Hall–Kier alpha value is -0.830. The summed E-state index contributed by atoms with van der Waals surface area (Å²) in [5, 5.41) is 3.10. The fourth-order valence-corrected chi connectivity index (χ4v) is 1.21. The van der Waals surface area contributed by atoms with E-state index >= 15 is 0 Å². The molecule has 0 aromatic rings. The zero-order valence-corrected chi connectivity index (χ0v) is 9.55. The first-order valence-corrected chi connectivity index (χ1v) is 5.24. The maximum Gasteiger partial charge on any atom is 0.237 e. The molecule has 3 heteroatoms. The van der Waals surface area contributed by atoms with Crippen molar-refractivity contribution < 1.29 is 4.79 Å². The first kappa shape index (κ1) is 13.2. The average molecular weight is 198 g/mol. The lowest BCUT2D eigenvalue weighted by molar-refractivity contribution is -0.131. The van der Waals surface area contributed by atoms with Gasteiger partial charge in [-0.2, -0.15) is 0 Å². The number of nitrogens with one attached hydrogen (secondary N) is 1. The molecule has 0 atom stereocenters. The highest BCUT2D eigenvalue weighted by molar-refractivity contribution is 5.78. The lowest BCUT2D eigenvalue weighted by atomic mass is 10.3. The van der Waals surface area contributed by atoms with Crippen molar-refractivity contribution >= 4 is 5.91 Å². The van der Waals surface area contributed by atoms with Crippen LogP contribution in [0.5, 0.6) is 0 Å². The number of hydrogen-bond acceptors (Lipinski definition) is 2. The summed E-state index contributed by atoms with van der Waals surface area (Å²) in [6.45, 7) is 11.7. The summed E-state index contributed by atoms with van der Waals surface area (Å²) in [5.41, 5.74) is 0. The van der Waals surface area contributed by atoms with Gasteiger partial charge in [0.1, 0.15) is 0 Å². The van der Waals surface area contributed by atoms with Crippen LogP contribution in [0.15, 0.2) is 12.7 Å². The third-order valence-corrected chi connectivity index (χ3v) is 1.97. The monoisotopic (exact) mass is 198 g/mol. The maximum atomic E-state index is 11.7. The minimum Gasteiger partial charge on any atom is -0.335 e. The molecule has 0 rings (SSSR count). The Balaban J connectivity index is 3.95. The van der Waals surface area contributed by atoms with Gasteiger partial charge in [-0.05, 0) is 26.8 Å². The van der Waals surface area contributed by atoms with Gasteiger partial charge in [0, 0.05) is 12.6 Å². The molecule has 0 aliphatic rings. The summed E-state index contributed by atoms with van der Waals surface area (Å²) >= 11 is 0. The Morgan fingerprint density at radius 3 is 2.64 bits per heavy atom. The van der Waals surface area contributed by atoms with Crippen molar-refractivity contribution in [3.63, 3.8) is 0 Å². The van der Waals surface area contributed by atoms with Crippen LogP contribution < -0.4 is 5.32 Å². The van der Waals surface area contributed by atoms with E-state index in [-0.39, 0.29) is 11.9 Å². The second-order valence-electron chi connectivity index (χ2n) is 3.61. The summed E-state index contributed by atoms with van der Waals surface area (Å²) < 4.78 is 0. The second-order valence-corrected chi connectivity index (χ2v) is 3.61. The molecule has 1 amide bonds. The molecule has 0 aromatic carbocycles. The number of rotatable bonds is 7. The van der Waals surface area contributed by atoms with Crippen LogP contribution in [0.2, 0.25) is 0 Å². The molecule has 3 nitrogen and oxygen atoms in total. The number of carbonyl (C=O) groups excluding carboxylic acids is 1. The van der Waals surface area contributed by atoms with Crippen molar-refractivity contribution in [1.29, 1.82) is 0 Å². The smallest absolute Gasteiger partial charge is 0.237 e. The maximum absolute atomic E-state index is 11.7. The molecule has 82 valence electrons. The Labute approximate surface area is 87.2 Å². The zero-order valence-electron chi connectivity index (χ0n) is 9.55. The quantitative estimate of drug-likeness (QED) is 0.495. The fraction of sp³-hybridized carbons (Fsp3) is 0.727. The van der Waals surface area contributed by atoms with Gasteiger partial charge in [0.2, 0.25) is 5.91 Å². The summed E-state index contributed by atoms with van der Waals surface area (Å²) in [5.74, 6) is 0.147. The highest BCUT2D eigenvalue weighted by atomic mass is 16.2. The molecule has 1 N–H and O–H groups in total. The van der Waals surface area contributed by atoms with E-state index in [1.165, 1.54) is 0 Å². The normalized spacial score (nSPS) is 10.3. The van der Waals surface area contributed by atoms with Crippen LogP contribution in [-0.2, 0) is 4.79 Å². The summed E-state index contributed by atoms with van der Waals surface area (Å²) in [7, 11) is 0. The van der Waals surface area contributed by atoms with Crippen molar-refractivity contribution in [1.82, 2.24) is 10.2 Å². The SMILES string of the molecule is C=CCN(C(=O)CNCCC)C(C)C. The molecule has 0 aliphatic heterocycles. The molecule has 0 heterocycles. The fourth-order valence-electron chi connectivity index (χ4n) is 1.21. The standard InChI is InChI=1S/C11H22N2O/c1-5-7-12-9-11(14)13(8-6-2)10(3)4/h6,10,12H,2,5,7-9H2,1,3-4H3. The largest absolute Gasteiger partial charge is 0.335 e. The van der Waals surface area contributed by atoms with Gasteiger partial charge in [0.05, 0.1) is 6.54 Å². The van der Waals surface area contributed by atoms with E-state index in [1.54, 1.807) is 6.08 Å². The number of carbonyl (C=O) groups is 1. The van der Waals surface area contributed by atoms with Crippen molar-refractivity contribution in [2.45, 2.75) is 33.2 Å². The zero-order chi connectivity index (χ0) is 11.0. The summed E-state index contributed by atoms with van der Waals surface area (Å²) in [4.78, 5) is 13.5. The van der Waals surface area contributed by atoms with Gasteiger partial charge in [-0.15, -0.1) is 6.58 Å². The van der Waals surface area contributed by atoms with Gasteiger partial charge in [0.25, 0.3) is 0 Å². The van der Waals surface area contributed by atoms with Crippen LogP contribution in [0, 0.1) is 0 Å². The molecule has 0 aliphatic carbocycles. The van der Waals surface area contributed by atoms with Gasteiger partial charge < -0.3 is 10.2 Å². The van der Waals surface area contributed by atoms with E-state index in [9.17, 15) is 4.79 Å². The minimum atomic E-state index is 0.147. The summed E-state index contributed by atoms with van der Waals surface area (Å²) in [6.07, 6.45) is 2.81. The molecule has 0 fully saturated rings. The number of nitrogens with zero attached hydrogens (tertiary/aromatic N) is 1. The molecule has 0 aromatic heterocycles. The van der Waals surface area contributed by atoms with Gasteiger partial charge in [-0.25, -0.2) is 0 Å². The highest BCUT2D eigenvalue weighted by Crippen LogP contribution is 1.98. The second kappa shape index (κ2) is 7.56. The van der Waals surface area contributed by atoms with E-state index < -0.39 is 0 Å². The van der Waals surface area contributed by atoms with Crippen LogP contribution in [-0.4, -0.2) is 36.5 Å². The average Bonchev–Trinajstić information content (AvgIpc) is 2.13. The van der Waals surface area contributed by atoms with Crippen molar-refractivity contribution in [3.05, 3.63) is 12.7 Å². The Morgan fingerprint density at radius 2 is 2.21 bits per heavy atom. The molecule has 0 unspecified atom stereocenters. The van der Waals surface area contributed by atoms with E-state index in [1.807, 2.05) is 18.7 Å². The molecule has 0 radical (unpaired) electrons. The summed E-state index contributed by atoms with van der Waals surface area (Å²) in [6, 6.07) is 0.240. The van der Waals surface area contributed by atoms with E-state index in [2.05, 4.69) is 18.8 Å². The predicted octanol–water partition coefficient (Wildman–Crippen LogP) is 1.41. The van der Waals surface area contributed by atoms with Gasteiger partial charge in [-0.3, -0.25) is 4.79 Å². The lowest BCUT2D eigenvalue weighted by Gasteiger charge is -2.25. The number of hydrogen-bond donors (Lipinski definition) is 1. The molecule has 14 heavy (non-hydrogen) atoms. The third-order valence-electron chi connectivity index (χ3n) is 1.97.